The zero-order chi connectivity index (χ0) is 32.6. The molecule has 0 radical (unpaired) electrons. The molecule has 2 atom stereocenters. The highest BCUT2D eigenvalue weighted by Crippen LogP contribution is 2.38. The van der Waals surface area contributed by atoms with Crippen LogP contribution in [0.3, 0.4) is 0 Å². The zero-order valence-corrected chi connectivity index (χ0v) is 31.0. The van der Waals surface area contributed by atoms with Crippen LogP contribution in [-0.4, -0.2) is 41.0 Å². The van der Waals surface area contributed by atoms with Gasteiger partial charge in [0.25, 0.3) is 16.6 Å². The minimum Gasteiger partial charge on any atom is -0.407 e. The molecular formula is C38H48Cl2O3Si2. The van der Waals surface area contributed by atoms with Crippen molar-refractivity contribution in [2.75, 3.05) is 13.2 Å². The molecule has 0 aliphatic carbocycles. The van der Waals surface area contributed by atoms with E-state index in [1.807, 2.05) is 0 Å². The SMILES string of the molecule is CC(C)(C)[Si](OCCC(Cl)OC(Cl)CCO[Si](c1ccccc1)(c1ccccc1)C(C)(C)C)(c1ccccc1)c1ccccc1. The number of ether oxygens (including phenoxy) is 1. The van der Waals surface area contributed by atoms with Gasteiger partial charge in [-0.15, -0.1) is 0 Å². The summed E-state index contributed by atoms with van der Waals surface area (Å²) in [6.07, 6.45) is 1.04. The highest BCUT2D eigenvalue weighted by molar-refractivity contribution is 7.00. The Labute approximate surface area is 283 Å². The summed E-state index contributed by atoms with van der Waals surface area (Å²) >= 11 is 13.5. The molecule has 0 bridgehead atoms. The van der Waals surface area contributed by atoms with Gasteiger partial charge >= 0.3 is 0 Å². The van der Waals surface area contributed by atoms with Crippen LogP contribution < -0.4 is 20.7 Å². The molecule has 0 heterocycles. The minimum atomic E-state index is -2.64. The topological polar surface area (TPSA) is 27.7 Å². The van der Waals surface area contributed by atoms with E-state index in [0.717, 1.165) is 0 Å². The first-order valence-corrected chi connectivity index (χ1v) is 20.5. The maximum absolute atomic E-state index is 6.99. The Balaban J connectivity index is 1.42. The third-order valence-corrected chi connectivity index (χ3v) is 19.2. The van der Waals surface area contributed by atoms with Gasteiger partial charge in [0.05, 0.1) is 0 Å². The van der Waals surface area contributed by atoms with E-state index in [1.165, 1.54) is 20.7 Å². The van der Waals surface area contributed by atoms with Gasteiger partial charge in [-0.1, -0.05) is 186 Å². The van der Waals surface area contributed by atoms with Crippen molar-refractivity contribution in [3.05, 3.63) is 121 Å². The molecule has 0 fully saturated rings. The van der Waals surface area contributed by atoms with Crippen LogP contribution in [0.4, 0.5) is 0 Å². The molecule has 2 unspecified atom stereocenters. The van der Waals surface area contributed by atoms with E-state index in [2.05, 4.69) is 163 Å². The Kier molecular flexibility index (Phi) is 12.3. The predicted octanol–water partition coefficient (Wildman–Crippen LogP) is 8.07. The Morgan fingerprint density at radius 2 is 0.711 bits per heavy atom. The quantitative estimate of drug-likeness (QED) is 0.0997. The van der Waals surface area contributed by atoms with Crippen LogP contribution in [0.25, 0.3) is 0 Å². The van der Waals surface area contributed by atoms with Crippen molar-refractivity contribution in [3.8, 4) is 0 Å². The summed E-state index contributed by atoms with van der Waals surface area (Å²) in [4.78, 5) is 0. The highest BCUT2D eigenvalue weighted by atomic mass is 35.5. The third kappa shape index (κ3) is 8.20. The van der Waals surface area contributed by atoms with Crippen molar-refractivity contribution in [2.45, 2.75) is 75.6 Å². The molecule has 0 saturated carbocycles. The number of hydrogen-bond donors (Lipinski definition) is 0. The first-order valence-electron chi connectivity index (χ1n) is 15.9. The summed E-state index contributed by atoms with van der Waals surface area (Å²) in [6.45, 7) is 14.6. The van der Waals surface area contributed by atoms with Gasteiger partial charge in [-0.05, 0) is 30.8 Å². The molecule has 4 aromatic rings. The van der Waals surface area contributed by atoms with Gasteiger partial charge in [0.2, 0.25) is 0 Å². The van der Waals surface area contributed by atoms with Crippen molar-refractivity contribution < 1.29 is 13.6 Å². The zero-order valence-electron chi connectivity index (χ0n) is 27.5. The van der Waals surface area contributed by atoms with Gasteiger partial charge in [-0.3, -0.25) is 0 Å². The van der Waals surface area contributed by atoms with Crippen LogP contribution in [-0.2, 0) is 13.6 Å². The number of rotatable bonds is 14. The second-order valence-corrected chi connectivity index (χ2v) is 23.1. The fourth-order valence-electron chi connectivity index (χ4n) is 6.43. The van der Waals surface area contributed by atoms with E-state index in [0.29, 0.717) is 26.1 Å². The van der Waals surface area contributed by atoms with E-state index < -0.39 is 27.8 Å². The fraction of sp³-hybridized carbons (Fsp3) is 0.368. The largest absolute Gasteiger partial charge is 0.407 e. The number of alkyl halides is 2. The average molecular weight is 680 g/mol. The Morgan fingerprint density at radius 1 is 0.467 bits per heavy atom. The molecule has 0 aromatic heterocycles. The first-order chi connectivity index (χ1) is 21.4. The summed E-state index contributed by atoms with van der Waals surface area (Å²) in [5.74, 6) is 0. The van der Waals surface area contributed by atoms with Gasteiger partial charge in [-0.2, -0.15) is 0 Å². The molecule has 0 aliphatic rings. The lowest BCUT2D eigenvalue weighted by atomic mass is 10.2. The van der Waals surface area contributed by atoms with Crippen LogP contribution in [0.15, 0.2) is 121 Å². The molecule has 3 nitrogen and oxygen atoms in total. The normalized spacial score (nSPS) is 14.2. The molecule has 4 rings (SSSR count). The molecule has 240 valence electrons. The van der Waals surface area contributed by atoms with Crippen molar-refractivity contribution in [3.63, 3.8) is 0 Å². The second-order valence-electron chi connectivity index (χ2n) is 13.6. The maximum atomic E-state index is 6.99. The Hall–Kier alpha value is -2.23. The molecule has 0 aliphatic heterocycles. The summed E-state index contributed by atoms with van der Waals surface area (Å²) < 4.78 is 20.1. The molecular weight excluding hydrogens is 631 g/mol. The maximum Gasteiger partial charge on any atom is 0.261 e. The summed E-state index contributed by atoms with van der Waals surface area (Å²) in [6, 6.07) is 42.5. The lowest BCUT2D eigenvalue weighted by Gasteiger charge is -2.43. The van der Waals surface area contributed by atoms with Crippen LogP contribution in [0.1, 0.15) is 54.4 Å². The van der Waals surface area contributed by atoms with Crippen LogP contribution in [0.5, 0.6) is 0 Å². The highest BCUT2D eigenvalue weighted by Gasteiger charge is 2.51. The van der Waals surface area contributed by atoms with Gasteiger partial charge in [0.1, 0.15) is 11.1 Å². The number of hydrogen-bond acceptors (Lipinski definition) is 3. The molecule has 0 amide bonds. The lowest BCUT2D eigenvalue weighted by Crippen LogP contribution is -2.66. The first kappa shape index (κ1) is 35.6. The Morgan fingerprint density at radius 3 is 0.933 bits per heavy atom. The predicted molar refractivity (Wildman–Crippen MR) is 197 cm³/mol. The molecule has 0 N–H and O–H groups in total. The Bertz CT molecular complexity index is 1240. The van der Waals surface area contributed by atoms with Crippen molar-refractivity contribution in [1.82, 2.24) is 0 Å². The molecule has 4 aromatic carbocycles. The molecule has 0 saturated heterocycles. The van der Waals surface area contributed by atoms with E-state index >= 15 is 0 Å². The fourth-order valence-corrected chi connectivity index (χ4v) is 16.1. The van der Waals surface area contributed by atoms with Gasteiger partial charge < -0.3 is 13.6 Å². The summed E-state index contributed by atoms with van der Waals surface area (Å²) in [7, 11) is -5.29. The van der Waals surface area contributed by atoms with Crippen molar-refractivity contribution in [1.29, 1.82) is 0 Å². The van der Waals surface area contributed by atoms with Crippen molar-refractivity contribution in [2.24, 2.45) is 0 Å². The molecule has 7 heteroatoms. The van der Waals surface area contributed by atoms with E-state index in [1.54, 1.807) is 0 Å². The van der Waals surface area contributed by atoms with Gasteiger partial charge in [0.15, 0.2) is 0 Å². The standard InChI is InChI=1S/C38H48Cl2O3Si2/c1-37(2,3)44(31-19-11-7-12-20-31,32-21-13-8-14-22-32)41-29-27-35(39)43-36(40)28-30-42-45(38(4,5)6,33-23-15-9-16-24-33)34-25-17-10-18-26-34/h7-26,35-36H,27-30H2,1-6H3. The smallest absolute Gasteiger partial charge is 0.261 e. The van der Waals surface area contributed by atoms with E-state index in [4.69, 9.17) is 36.8 Å². The van der Waals surface area contributed by atoms with E-state index in [9.17, 15) is 0 Å². The van der Waals surface area contributed by atoms with Gasteiger partial charge in [-0.25, -0.2) is 0 Å². The molecule has 45 heavy (non-hydrogen) atoms. The third-order valence-electron chi connectivity index (χ3n) is 8.46. The van der Waals surface area contributed by atoms with E-state index in [-0.39, 0.29) is 10.1 Å². The lowest BCUT2D eigenvalue weighted by molar-refractivity contribution is 0.0543. The van der Waals surface area contributed by atoms with Crippen molar-refractivity contribution >= 4 is 60.6 Å². The monoisotopic (exact) mass is 678 g/mol. The summed E-state index contributed by atoms with van der Waals surface area (Å²) in [5.41, 5.74) is -1.17. The summed E-state index contributed by atoms with van der Waals surface area (Å²) in [5, 5.41) is 4.76. The molecule has 0 spiro atoms. The van der Waals surface area contributed by atoms with Crippen LogP contribution >= 0.6 is 23.2 Å². The minimum absolute atomic E-state index is 0.105. The van der Waals surface area contributed by atoms with Crippen LogP contribution in [0.2, 0.25) is 10.1 Å². The average Bonchev–Trinajstić information content (AvgIpc) is 3.02. The number of halogens is 2. The second kappa shape index (κ2) is 15.6. The number of benzene rings is 4. The van der Waals surface area contributed by atoms with Gasteiger partial charge in [0, 0.05) is 26.1 Å². The van der Waals surface area contributed by atoms with Crippen LogP contribution in [0, 0.1) is 0 Å².